The summed E-state index contributed by atoms with van der Waals surface area (Å²) in [7, 11) is 0. The lowest BCUT2D eigenvalue weighted by Gasteiger charge is -1.99. The molecule has 0 amide bonds. The van der Waals surface area contributed by atoms with E-state index in [1.807, 2.05) is 34.6 Å². The van der Waals surface area contributed by atoms with Gasteiger partial charge in [-0.15, -0.1) is 0 Å². The normalized spacial score (nSPS) is 8.56. The Morgan fingerprint density at radius 3 is 1.94 bits per heavy atom. The number of hydrogen-bond acceptors (Lipinski definition) is 4. The topological polar surface area (TPSA) is 51.6 Å². The molecule has 0 unspecified atom stereocenters. The quantitative estimate of drug-likeness (QED) is 0.734. The van der Waals surface area contributed by atoms with Crippen LogP contribution in [0.25, 0.3) is 11.3 Å². The second-order valence-corrected chi connectivity index (χ2v) is 3.13. The molecule has 0 fully saturated rings. The molecule has 2 aromatic rings. The lowest BCUT2D eigenvalue weighted by molar-refractivity contribution is 1.05. The minimum Gasteiger partial charge on any atom is -0.241 e. The Morgan fingerprint density at radius 1 is 0.889 bits per heavy atom. The summed E-state index contributed by atoms with van der Waals surface area (Å²) in [5.41, 5.74) is 1.56. The van der Waals surface area contributed by atoms with Gasteiger partial charge >= 0.3 is 0 Å². The van der Waals surface area contributed by atoms with E-state index >= 15 is 0 Å². The number of halogens is 1. The van der Waals surface area contributed by atoms with Crippen LogP contribution in [0.4, 0.5) is 0 Å². The molecule has 0 aliphatic heterocycles. The molecule has 0 saturated carbocycles. The maximum Gasteiger partial charge on any atom is 0.133 e. The van der Waals surface area contributed by atoms with Gasteiger partial charge in [-0.25, -0.2) is 19.9 Å². The first-order valence-corrected chi connectivity index (χ1v) is 6.40. The van der Waals surface area contributed by atoms with Crippen molar-refractivity contribution in [3.63, 3.8) is 0 Å². The van der Waals surface area contributed by atoms with Crippen LogP contribution in [0.15, 0.2) is 24.8 Å². The van der Waals surface area contributed by atoms with Crippen LogP contribution in [0.5, 0.6) is 0 Å². The van der Waals surface area contributed by atoms with E-state index in [1.54, 1.807) is 18.5 Å². The van der Waals surface area contributed by atoms with E-state index < -0.39 is 0 Å². The number of hydrogen-bond donors (Lipinski definition) is 0. The maximum atomic E-state index is 5.73. The molecule has 2 rings (SSSR count). The molecule has 0 radical (unpaired) electrons. The Hall–Kier alpha value is -1.55. The number of aromatic nitrogens is 4. The first kappa shape index (κ1) is 16.4. The van der Waals surface area contributed by atoms with Crippen molar-refractivity contribution < 1.29 is 0 Å². The molecular weight excluding hydrogens is 248 g/mol. The summed E-state index contributed by atoms with van der Waals surface area (Å²) in [5, 5.41) is 0.413. The fourth-order valence-electron chi connectivity index (χ4n) is 1.02. The molecule has 0 atom stereocenters. The van der Waals surface area contributed by atoms with Crippen LogP contribution in [-0.4, -0.2) is 19.9 Å². The Labute approximate surface area is 114 Å². The highest BCUT2D eigenvalue weighted by Gasteiger charge is 2.01. The van der Waals surface area contributed by atoms with Crippen LogP contribution in [0.3, 0.4) is 0 Å². The van der Waals surface area contributed by atoms with Gasteiger partial charge in [-0.3, -0.25) is 0 Å². The summed E-state index contributed by atoms with van der Waals surface area (Å²) in [6.07, 6.45) is 4.83. The number of rotatable bonds is 1. The molecule has 98 valence electrons. The van der Waals surface area contributed by atoms with E-state index in [-0.39, 0.29) is 0 Å². The van der Waals surface area contributed by atoms with Gasteiger partial charge in [0.05, 0.1) is 5.69 Å². The molecule has 0 spiro atoms. The van der Waals surface area contributed by atoms with Gasteiger partial charge in [0.2, 0.25) is 0 Å². The Bertz CT molecular complexity index is 443. The van der Waals surface area contributed by atoms with Gasteiger partial charge < -0.3 is 0 Å². The fraction of sp³-hybridized carbons (Fsp3) is 0.385. The van der Waals surface area contributed by atoms with Crippen molar-refractivity contribution in [1.29, 1.82) is 0 Å². The molecule has 0 saturated heterocycles. The number of nitrogens with zero attached hydrogens (tertiary/aromatic N) is 4. The van der Waals surface area contributed by atoms with Crippen molar-refractivity contribution in [1.82, 2.24) is 19.9 Å². The molecule has 2 heterocycles. The second-order valence-electron chi connectivity index (χ2n) is 2.74. The van der Waals surface area contributed by atoms with E-state index in [4.69, 9.17) is 11.6 Å². The molecule has 0 aromatic carbocycles. The second kappa shape index (κ2) is 9.48. The molecule has 2 aromatic heterocycles. The third-order valence-electron chi connectivity index (χ3n) is 1.71. The van der Waals surface area contributed by atoms with E-state index in [0.29, 0.717) is 5.15 Å². The summed E-state index contributed by atoms with van der Waals surface area (Å²) < 4.78 is 0. The minimum atomic E-state index is 0.413. The van der Waals surface area contributed by atoms with Gasteiger partial charge in [-0.2, -0.15) is 0 Å². The van der Waals surface area contributed by atoms with Gasteiger partial charge in [-0.05, 0) is 6.92 Å². The van der Waals surface area contributed by atoms with Gasteiger partial charge in [0.1, 0.15) is 17.3 Å². The lowest BCUT2D eigenvalue weighted by atomic mass is 10.2. The molecule has 18 heavy (non-hydrogen) atoms. The third kappa shape index (κ3) is 5.19. The fourth-order valence-corrected chi connectivity index (χ4v) is 1.16. The summed E-state index contributed by atoms with van der Waals surface area (Å²) in [6.45, 7) is 9.83. The Balaban J connectivity index is 0.000000659. The van der Waals surface area contributed by atoms with Gasteiger partial charge in [0.25, 0.3) is 0 Å². The SMILES string of the molecule is CC.CC.Cc1ncc(-c2cc(Cl)ncn2)cn1. The Morgan fingerprint density at radius 2 is 1.44 bits per heavy atom. The highest BCUT2D eigenvalue weighted by Crippen LogP contribution is 2.16. The molecule has 0 aliphatic carbocycles. The van der Waals surface area contributed by atoms with E-state index in [1.165, 1.54) is 6.33 Å². The van der Waals surface area contributed by atoms with E-state index in [9.17, 15) is 0 Å². The van der Waals surface area contributed by atoms with Crippen molar-refractivity contribution in [3.05, 3.63) is 35.8 Å². The molecule has 5 heteroatoms. The molecule has 0 bridgehead atoms. The van der Waals surface area contributed by atoms with Crippen LogP contribution >= 0.6 is 11.6 Å². The molecular formula is C13H19ClN4. The first-order valence-electron chi connectivity index (χ1n) is 6.02. The van der Waals surface area contributed by atoms with Crippen molar-refractivity contribution >= 4 is 11.6 Å². The third-order valence-corrected chi connectivity index (χ3v) is 1.92. The smallest absolute Gasteiger partial charge is 0.133 e. The highest BCUT2D eigenvalue weighted by atomic mass is 35.5. The van der Waals surface area contributed by atoms with Crippen LogP contribution in [0.1, 0.15) is 33.5 Å². The zero-order chi connectivity index (χ0) is 14.0. The average Bonchev–Trinajstić information content (AvgIpc) is 2.44. The summed E-state index contributed by atoms with van der Waals surface area (Å²) in [4.78, 5) is 16.0. The van der Waals surface area contributed by atoms with Crippen molar-refractivity contribution in [2.24, 2.45) is 0 Å². The monoisotopic (exact) mass is 266 g/mol. The van der Waals surface area contributed by atoms with Crippen LogP contribution in [-0.2, 0) is 0 Å². The average molecular weight is 267 g/mol. The van der Waals surface area contributed by atoms with Crippen LogP contribution in [0.2, 0.25) is 5.15 Å². The van der Waals surface area contributed by atoms with Crippen LogP contribution < -0.4 is 0 Å². The number of aryl methyl sites for hydroxylation is 1. The van der Waals surface area contributed by atoms with E-state index in [2.05, 4.69) is 19.9 Å². The van der Waals surface area contributed by atoms with Gasteiger partial charge in [0, 0.05) is 24.0 Å². The van der Waals surface area contributed by atoms with Crippen molar-refractivity contribution in [2.75, 3.05) is 0 Å². The lowest BCUT2D eigenvalue weighted by Crippen LogP contribution is -1.90. The predicted molar refractivity (Wildman–Crippen MR) is 75.5 cm³/mol. The van der Waals surface area contributed by atoms with Crippen molar-refractivity contribution in [2.45, 2.75) is 34.6 Å². The maximum absolute atomic E-state index is 5.73. The molecule has 0 aliphatic rings. The highest BCUT2D eigenvalue weighted by molar-refractivity contribution is 6.29. The summed E-state index contributed by atoms with van der Waals surface area (Å²) >= 11 is 5.73. The van der Waals surface area contributed by atoms with Gasteiger partial charge in [-0.1, -0.05) is 39.3 Å². The minimum absolute atomic E-state index is 0.413. The van der Waals surface area contributed by atoms with Gasteiger partial charge in [0.15, 0.2) is 0 Å². The van der Waals surface area contributed by atoms with Crippen LogP contribution in [0, 0.1) is 6.92 Å². The first-order chi connectivity index (χ1) is 8.75. The zero-order valence-electron chi connectivity index (χ0n) is 11.5. The summed E-state index contributed by atoms with van der Waals surface area (Å²) in [6, 6.07) is 1.68. The Kier molecular flexibility index (Phi) is 8.66. The summed E-state index contributed by atoms with van der Waals surface area (Å²) in [5.74, 6) is 0.730. The zero-order valence-corrected chi connectivity index (χ0v) is 12.2. The van der Waals surface area contributed by atoms with E-state index in [0.717, 1.165) is 17.1 Å². The standard InChI is InChI=1S/C9H7ClN4.2C2H6/c1-6-11-3-7(4-12-6)8-2-9(10)14-5-13-8;2*1-2/h2-5H,1H3;2*1-2H3. The van der Waals surface area contributed by atoms with Crippen molar-refractivity contribution in [3.8, 4) is 11.3 Å². The molecule has 0 N–H and O–H groups in total. The largest absolute Gasteiger partial charge is 0.241 e. The predicted octanol–water partition coefficient (Wildman–Crippen LogP) is 3.95. The molecule has 4 nitrogen and oxygen atoms in total.